The highest BCUT2D eigenvalue weighted by Gasteiger charge is 2.11. The Kier molecular flexibility index (Phi) is 6.68. The van der Waals surface area contributed by atoms with Crippen molar-refractivity contribution in [2.45, 2.75) is 25.8 Å². The molecule has 1 aliphatic rings. The van der Waals surface area contributed by atoms with Crippen LogP contribution in [-0.4, -0.2) is 28.9 Å². The molecule has 1 aliphatic heterocycles. The van der Waals surface area contributed by atoms with E-state index in [9.17, 15) is 4.79 Å². The molecular weight excluding hydrogens is 370 g/mol. The quantitative estimate of drug-likeness (QED) is 0.598. The molecule has 2 heterocycles. The van der Waals surface area contributed by atoms with Gasteiger partial charge in [-0.25, -0.2) is 0 Å². The summed E-state index contributed by atoms with van der Waals surface area (Å²) in [5, 5.41) is 3.00. The third-order valence-corrected chi connectivity index (χ3v) is 5.35. The SMILES string of the molecule is O=C(Nc1cccc(C=Cc2ccccn2)c1)c1ccc(CN2CCCCC2)cc1. The zero-order valence-electron chi connectivity index (χ0n) is 17.1. The first-order chi connectivity index (χ1) is 14.8. The number of pyridine rings is 1. The van der Waals surface area contributed by atoms with Gasteiger partial charge in [0.05, 0.1) is 5.69 Å². The van der Waals surface area contributed by atoms with Gasteiger partial charge in [-0.05, 0) is 79.5 Å². The number of nitrogens with zero attached hydrogens (tertiary/aromatic N) is 2. The highest BCUT2D eigenvalue weighted by Crippen LogP contribution is 2.16. The van der Waals surface area contributed by atoms with Crippen molar-refractivity contribution >= 4 is 23.7 Å². The van der Waals surface area contributed by atoms with Crippen LogP contribution in [0.5, 0.6) is 0 Å². The van der Waals surface area contributed by atoms with E-state index < -0.39 is 0 Å². The third-order valence-electron chi connectivity index (χ3n) is 5.35. The lowest BCUT2D eigenvalue weighted by Gasteiger charge is -2.26. The number of carbonyl (C=O) groups is 1. The normalized spacial score (nSPS) is 14.7. The molecule has 4 heteroatoms. The summed E-state index contributed by atoms with van der Waals surface area (Å²) >= 11 is 0. The number of hydrogen-bond acceptors (Lipinski definition) is 3. The molecule has 1 amide bonds. The molecule has 0 saturated carbocycles. The van der Waals surface area contributed by atoms with Crippen molar-refractivity contribution in [2.24, 2.45) is 0 Å². The van der Waals surface area contributed by atoms with E-state index in [0.29, 0.717) is 5.56 Å². The minimum Gasteiger partial charge on any atom is -0.322 e. The molecule has 152 valence electrons. The molecule has 0 radical (unpaired) electrons. The molecule has 3 aromatic rings. The van der Waals surface area contributed by atoms with Crippen molar-refractivity contribution < 1.29 is 4.79 Å². The molecule has 1 N–H and O–H groups in total. The lowest BCUT2D eigenvalue weighted by atomic mass is 10.1. The zero-order valence-corrected chi connectivity index (χ0v) is 17.1. The highest BCUT2D eigenvalue weighted by molar-refractivity contribution is 6.04. The first-order valence-electron chi connectivity index (χ1n) is 10.6. The van der Waals surface area contributed by atoms with Gasteiger partial charge in [0.15, 0.2) is 0 Å². The predicted octanol–water partition coefficient (Wildman–Crippen LogP) is 5.49. The largest absolute Gasteiger partial charge is 0.322 e. The number of piperidine rings is 1. The molecule has 4 rings (SSSR count). The van der Waals surface area contributed by atoms with E-state index in [0.717, 1.165) is 23.5 Å². The van der Waals surface area contributed by atoms with Crippen molar-refractivity contribution in [1.82, 2.24) is 9.88 Å². The zero-order chi connectivity index (χ0) is 20.6. The number of hydrogen-bond donors (Lipinski definition) is 1. The Morgan fingerprint density at radius 2 is 1.77 bits per heavy atom. The molecule has 1 saturated heterocycles. The van der Waals surface area contributed by atoms with Gasteiger partial charge in [-0.2, -0.15) is 0 Å². The van der Waals surface area contributed by atoms with Crippen molar-refractivity contribution in [3.05, 3.63) is 95.3 Å². The summed E-state index contributed by atoms with van der Waals surface area (Å²) in [6.45, 7) is 3.31. The summed E-state index contributed by atoms with van der Waals surface area (Å²) in [5.41, 5.74) is 4.62. The molecule has 0 aliphatic carbocycles. The second-order valence-corrected chi connectivity index (χ2v) is 7.70. The lowest BCUT2D eigenvalue weighted by Crippen LogP contribution is -2.29. The molecule has 0 unspecified atom stereocenters. The summed E-state index contributed by atoms with van der Waals surface area (Å²) in [6, 6.07) is 21.6. The van der Waals surface area contributed by atoms with Crippen LogP contribution in [0.4, 0.5) is 5.69 Å². The van der Waals surface area contributed by atoms with Crippen LogP contribution < -0.4 is 5.32 Å². The molecule has 1 aromatic heterocycles. The highest BCUT2D eigenvalue weighted by atomic mass is 16.1. The summed E-state index contributed by atoms with van der Waals surface area (Å²) < 4.78 is 0. The number of nitrogens with one attached hydrogen (secondary N) is 1. The van der Waals surface area contributed by atoms with Gasteiger partial charge in [-0.3, -0.25) is 14.7 Å². The number of amides is 1. The number of benzene rings is 2. The molecular formula is C26H27N3O. The maximum atomic E-state index is 12.7. The van der Waals surface area contributed by atoms with E-state index in [1.165, 1.54) is 37.9 Å². The Hall–Kier alpha value is -3.24. The van der Waals surface area contributed by atoms with Crippen LogP contribution in [0.3, 0.4) is 0 Å². The van der Waals surface area contributed by atoms with Crippen LogP contribution in [-0.2, 0) is 6.54 Å². The summed E-state index contributed by atoms with van der Waals surface area (Å²) in [5.74, 6) is -0.0922. The third kappa shape index (κ3) is 5.65. The standard InChI is InChI=1S/C26H27N3O/c30-26(23-13-10-22(11-14-23)20-29-17-4-1-5-18-29)28-25-9-6-7-21(19-25)12-15-24-8-2-3-16-27-24/h2-3,6-16,19H,1,4-5,17-18,20H2,(H,28,30). The lowest BCUT2D eigenvalue weighted by molar-refractivity contribution is 0.102. The van der Waals surface area contributed by atoms with Crippen molar-refractivity contribution in [3.63, 3.8) is 0 Å². The van der Waals surface area contributed by atoms with Crippen molar-refractivity contribution in [2.75, 3.05) is 18.4 Å². The van der Waals surface area contributed by atoms with E-state index in [1.54, 1.807) is 6.20 Å². The number of rotatable bonds is 6. The van der Waals surface area contributed by atoms with Gasteiger partial charge in [0, 0.05) is 24.0 Å². The molecule has 0 spiro atoms. The van der Waals surface area contributed by atoms with E-state index in [2.05, 4.69) is 27.3 Å². The maximum Gasteiger partial charge on any atom is 0.255 e. The van der Waals surface area contributed by atoms with Crippen LogP contribution in [0.25, 0.3) is 12.2 Å². The van der Waals surface area contributed by atoms with E-state index in [-0.39, 0.29) is 5.91 Å². The molecule has 1 fully saturated rings. The summed E-state index contributed by atoms with van der Waals surface area (Å²) in [4.78, 5) is 19.4. The predicted molar refractivity (Wildman–Crippen MR) is 123 cm³/mol. The van der Waals surface area contributed by atoms with Crippen LogP contribution in [0.1, 0.15) is 46.4 Å². The number of carbonyl (C=O) groups excluding carboxylic acids is 1. The molecule has 2 aromatic carbocycles. The molecule has 0 atom stereocenters. The van der Waals surface area contributed by atoms with E-state index in [4.69, 9.17) is 0 Å². The van der Waals surface area contributed by atoms with Gasteiger partial charge in [-0.1, -0.05) is 42.8 Å². The number of likely N-dealkylation sites (tertiary alicyclic amines) is 1. The first-order valence-corrected chi connectivity index (χ1v) is 10.6. The first kappa shape index (κ1) is 20.0. The van der Waals surface area contributed by atoms with Crippen molar-refractivity contribution in [3.8, 4) is 0 Å². The topological polar surface area (TPSA) is 45.2 Å². The van der Waals surface area contributed by atoms with Crippen LogP contribution in [0, 0.1) is 0 Å². The second-order valence-electron chi connectivity index (χ2n) is 7.70. The van der Waals surface area contributed by atoms with E-state index >= 15 is 0 Å². The Morgan fingerprint density at radius 1 is 0.933 bits per heavy atom. The Morgan fingerprint density at radius 3 is 2.53 bits per heavy atom. The van der Waals surface area contributed by atoms with Gasteiger partial charge in [0.25, 0.3) is 5.91 Å². The van der Waals surface area contributed by atoms with Gasteiger partial charge >= 0.3 is 0 Å². The van der Waals surface area contributed by atoms with Gasteiger partial charge < -0.3 is 5.32 Å². The molecule has 30 heavy (non-hydrogen) atoms. The van der Waals surface area contributed by atoms with Crippen LogP contribution >= 0.6 is 0 Å². The summed E-state index contributed by atoms with van der Waals surface area (Å²) in [6.07, 6.45) is 9.65. The molecule has 4 nitrogen and oxygen atoms in total. The second kappa shape index (κ2) is 9.99. The number of aromatic nitrogens is 1. The minimum atomic E-state index is -0.0922. The monoisotopic (exact) mass is 397 g/mol. The Labute approximate surface area is 178 Å². The van der Waals surface area contributed by atoms with Crippen LogP contribution in [0.2, 0.25) is 0 Å². The van der Waals surface area contributed by atoms with Gasteiger partial charge in [0.2, 0.25) is 0 Å². The van der Waals surface area contributed by atoms with Gasteiger partial charge in [-0.15, -0.1) is 0 Å². The Balaban J connectivity index is 1.37. The fraction of sp³-hybridized carbons (Fsp3) is 0.231. The smallest absolute Gasteiger partial charge is 0.255 e. The van der Waals surface area contributed by atoms with E-state index in [1.807, 2.05) is 66.7 Å². The fourth-order valence-electron chi connectivity index (χ4n) is 3.72. The van der Waals surface area contributed by atoms with Crippen LogP contribution in [0.15, 0.2) is 72.9 Å². The van der Waals surface area contributed by atoms with Crippen molar-refractivity contribution in [1.29, 1.82) is 0 Å². The maximum absolute atomic E-state index is 12.7. The number of anilines is 1. The molecule has 0 bridgehead atoms. The minimum absolute atomic E-state index is 0.0922. The Bertz CT molecular complexity index is 990. The summed E-state index contributed by atoms with van der Waals surface area (Å²) in [7, 11) is 0. The average Bonchev–Trinajstić information content (AvgIpc) is 2.80. The van der Waals surface area contributed by atoms with Gasteiger partial charge in [0.1, 0.15) is 0 Å². The fourth-order valence-corrected chi connectivity index (χ4v) is 3.72. The average molecular weight is 398 g/mol.